The van der Waals surface area contributed by atoms with Gasteiger partial charge in [0.2, 0.25) is 0 Å². The third-order valence-corrected chi connectivity index (χ3v) is 4.42. The molecule has 0 spiro atoms. The van der Waals surface area contributed by atoms with Crippen molar-refractivity contribution in [1.82, 2.24) is 9.80 Å². The first-order valence-electron chi connectivity index (χ1n) is 6.96. The summed E-state index contributed by atoms with van der Waals surface area (Å²) in [6.07, 6.45) is 0. The van der Waals surface area contributed by atoms with Gasteiger partial charge in [-0.25, -0.2) is 0 Å². The summed E-state index contributed by atoms with van der Waals surface area (Å²) < 4.78 is 0. The number of amides is 1. The average Bonchev–Trinajstić information content (AvgIpc) is 2.78. The second kappa shape index (κ2) is 7.86. The van der Waals surface area contributed by atoms with Gasteiger partial charge in [-0.3, -0.25) is 4.79 Å². The average molecular weight is 309 g/mol. The standard InChI is InChI=1S/C14H23N5OS/c1-5-19(6-2)8-7-17-13-10(9-15)11(16)12(21-13)14(20)18(3)4/h17H,5-8,16H2,1-4H3. The molecule has 0 saturated heterocycles. The maximum atomic E-state index is 12.0. The Balaban J connectivity index is 2.86. The number of nitrogen functional groups attached to an aromatic ring is 1. The molecular weight excluding hydrogens is 286 g/mol. The van der Waals surface area contributed by atoms with E-state index in [0.29, 0.717) is 22.0 Å². The van der Waals surface area contributed by atoms with Crippen molar-refractivity contribution < 1.29 is 4.79 Å². The molecule has 1 rings (SSSR count). The van der Waals surface area contributed by atoms with Crippen molar-refractivity contribution in [2.24, 2.45) is 0 Å². The maximum absolute atomic E-state index is 12.0. The van der Waals surface area contributed by atoms with Crippen molar-refractivity contribution in [3.63, 3.8) is 0 Å². The van der Waals surface area contributed by atoms with Crippen molar-refractivity contribution in [2.75, 3.05) is 51.3 Å². The zero-order chi connectivity index (χ0) is 16.0. The Hall–Kier alpha value is -1.78. The molecule has 0 bridgehead atoms. The van der Waals surface area contributed by atoms with E-state index in [1.54, 1.807) is 14.1 Å². The number of carbonyl (C=O) groups excluding carboxylic acids is 1. The lowest BCUT2D eigenvalue weighted by molar-refractivity contribution is 0.0833. The molecule has 0 saturated carbocycles. The third kappa shape index (κ3) is 4.09. The third-order valence-electron chi connectivity index (χ3n) is 3.27. The molecule has 0 aliphatic rings. The normalized spacial score (nSPS) is 10.5. The molecule has 0 atom stereocenters. The van der Waals surface area contributed by atoms with E-state index >= 15 is 0 Å². The summed E-state index contributed by atoms with van der Waals surface area (Å²) in [5.41, 5.74) is 6.56. The van der Waals surface area contributed by atoms with Gasteiger partial charge in [0.1, 0.15) is 21.5 Å². The molecule has 1 aromatic rings. The molecule has 0 radical (unpaired) electrons. The molecule has 0 aliphatic heterocycles. The second-order valence-electron chi connectivity index (χ2n) is 4.81. The number of likely N-dealkylation sites (N-methyl/N-ethyl adjacent to an activating group) is 1. The summed E-state index contributed by atoms with van der Waals surface area (Å²) in [5, 5.41) is 13.1. The van der Waals surface area contributed by atoms with Gasteiger partial charge in [-0.15, -0.1) is 11.3 Å². The molecule has 1 amide bonds. The van der Waals surface area contributed by atoms with Crippen LogP contribution in [0.5, 0.6) is 0 Å². The van der Waals surface area contributed by atoms with Gasteiger partial charge in [-0.2, -0.15) is 5.26 Å². The van der Waals surface area contributed by atoms with E-state index in [9.17, 15) is 10.1 Å². The van der Waals surface area contributed by atoms with Gasteiger partial charge in [0.05, 0.1) is 5.69 Å². The van der Waals surface area contributed by atoms with Crippen LogP contribution in [0.3, 0.4) is 0 Å². The highest BCUT2D eigenvalue weighted by Gasteiger charge is 2.22. The first-order valence-corrected chi connectivity index (χ1v) is 7.78. The number of nitriles is 1. The molecule has 21 heavy (non-hydrogen) atoms. The largest absolute Gasteiger partial charge is 0.396 e. The summed E-state index contributed by atoms with van der Waals surface area (Å²) >= 11 is 1.25. The van der Waals surface area contributed by atoms with E-state index < -0.39 is 0 Å². The fourth-order valence-corrected chi connectivity index (χ4v) is 3.03. The number of nitrogens with zero attached hydrogens (tertiary/aromatic N) is 3. The zero-order valence-electron chi connectivity index (χ0n) is 13.1. The van der Waals surface area contributed by atoms with Crippen molar-refractivity contribution in [3.05, 3.63) is 10.4 Å². The summed E-state index contributed by atoms with van der Waals surface area (Å²) in [6, 6.07) is 2.08. The van der Waals surface area contributed by atoms with Crippen LogP contribution < -0.4 is 11.1 Å². The fourth-order valence-electron chi connectivity index (χ4n) is 1.91. The minimum absolute atomic E-state index is 0.175. The molecule has 7 heteroatoms. The van der Waals surface area contributed by atoms with Crippen molar-refractivity contribution in [2.45, 2.75) is 13.8 Å². The van der Waals surface area contributed by atoms with Crippen LogP contribution in [-0.4, -0.2) is 56.0 Å². The number of carbonyl (C=O) groups is 1. The topological polar surface area (TPSA) is 85.4 Å². The van der Waals surface area contributed by atoms with Gasteiger partial charge >= 0.3 is 0 Å². The smallest absolute Gasteiger partial charge is 0.265 e. The van der Waals surface area contributed by atoms with Gasteiger partial charge < -0.3 is 20.9 Å². The molecule has 1 aromatic heterocycles. The SMILES string of the molecule is CCN(CC)CCNc1sc(C(=O)N(C)C)c(N)c1C#N. The Morgan fingerprint density at radius 2 is 2.00 bits per heavy atom. The highest BCUT2D eigenvalue weighted by atomic mass is 32.1. The van der Waals surface area contributed by atoms with E-state index in [-0.39, 0.29) is 11.6 Å². The van der Waals surface area contributed by atoms with Crippen LogP contribution in [-0.2, 0) is 0 Å². The first kappa shape index (κ1) is 17.3. The van der Waals surface area contributed by atoms with Gasteiger partial charge in [0.15, 0.2) is 0 Å². The van der Waals surface area contributed by atoms with E-state index in [4.69, 9.17) is 5.73 Å². The molecule has 0 aromatic carbocycles. The lowest BCUT2D eigenvalue weighted by Gasteiger charge is -2.18. The summed E-state index contributed by atoms with van der Waals surface area (Å²) in [5.74, 6) is -0.175. The molecule has 6 nitrogen and oxygen atoms in total. The summed E-state index contributed by atoms with van der Waals surface area (Å²) in [6.45, 7) is 7.79. The van der Waals surface area contributed by atoms with Gasteiger partial charge in [0, 0.05) is 27.2 Å². The molecule has 0 unspecified atom stereocenters. The zero-order valence-corrected chi connectivity index (χ0v) is 13.9. The Morgan fingerprint density at radius 1 is 1.38 bits per heavy atom. The Labute approximate surface area is 130 Å². The van der Waals surface area contributed by atoms with E-state index in [1.165, 1.54) is 16.2 Å². The number of rotatable bonds is 7. The number of nitrogens with two attached hydrogens (primary N) is 1. The van der Waals surface area contributed by atoms with Gasteiger partial charge in [0.25, 0.3) is 5.91 Å². The highest BCUT2D eigenvalue weighted by molar-refractivity contribution is 7.18. The van der Waals surface area contributed by atoms with Crippen LogP contribution in [0.1, 0.15) is 29.1 Å². The fraction of sp³-hybridized carbons (Fsp3) is 0.571. The van der Waals surface area contributed by atoms with Crippen LogP contribution in [0.25, 0.3) is 0 Å². The summed E-state index contributed by atoms with van der Waals surface area (Å²) in [7, 11) is 3.34. The van der Waals surface area contributed by atoms with Crippen molar-refractivity contribution in [1.29, 1.82) is 5.26 Å². The van der Waals surface area contributed by atoms with Crippen LogP contribution in [0.2, 0.25) is 0 Å². The molecule has 1 heterocycles. The number of nitrogens with one attached hydrogen (secondary N) is 1. The number of hydrogen-bond donors (Lipinski definition) is 2. The minimum atomic E-state index is -0.175. The van der Waals surface area contributed by atoms with Crippen LogP contribution in [0.15, 0.2) is 0 Å². The molecule has 3 N–H and O–H groups in total. The quantitative estimate of drug-likeness (QED) is 0.800. The molecular formula is C14H23N5OS. The van der Waals surface area contributed by atoms with E-state index in [2.05, 4.69) is 30.1 Å². The second-order valence-corrected chi connectivity index (χ2v) is 5.83. The molecule has 116 valence electrons. The Bertz CT molecular complexity index is 528. The lowest BCUT2D eigenvalue weighted by atomic mass is 10.2. The van der Waals surface area contributed by atoms with Crippen LogP contribution >= 0.6 is 11.3 Å². The van der Waals surface area contributed by atoms with Crippen LogP contribution in [0.4, 0.5) is 10.7 Å². The number of thiophene rings is 1. The monoisotopic (exact) mass is 309 g/mol. The van der Waals surface area contributed by atoms with Crippen LogP contribution in [0, 0.1) is 11.3 Å². The Morgan fingerprint density at radius 3 is 2.48 bits per heavy atom. The highest BCUT2D eigenvalue weighted by Crippen LogP contribution is 2.35. The molecule has 0 aliphatic carbocycles. The number of hydrogen-bond acceptors (Lipinski definition) is 6. The first-order chi connectivity index (χ1) is 9.96. The maximum Gasteiger partial charge on any atom is 0.265 e. The van der Waals surface area contributed by atoms with Gasteiger partial charge in [-0.05, 0) is 13.1 Å². The predicted octanol–water partition coefficient (Wildman–Crippen LogP) is 1.66. The van der Waals surface area contributed by atoms with E-state index in [0.717, 1.165) is 19.6 Å². The minimum Gasteiger partial charge on any atom is -0.396 e. The summed E-state index contributed by atoms with van der Waals surface area (Å²) in [4.78, 5) is 16.2. The Kier molecular flexibility index (Phi) is 6.46. The van der Waals surface area contributed by atoms with E-state index in [1.807, 2.05) is 0 Å². The predicted molar refractivity (Wildman–Crippen MR) is 87.7 cm³/mol. The lowest BCUT2D eigenvalue weighted by Crippen LogP contribution is -2.28. The number of anilines is 2. The van der Waals surface area contributed by atoms with Gasteiger partial charge in [-0.1, -0.05) is 13.8 Å². The molecule has 0 fully saturated rings. The van der Waals surface area contributed by atoms with Crippen molar-refractivity contribution in [3.8, 4) is 6.07 Å². The van der Waals surface area contributed by atoms with Crippen molar-refractivity contribution >= 4 is 27.9 Å².